The van der Waals surface area contributed by atoms with Gasteiger partial charge in [-0.05, 0) is 36.4 Å². The molecule has 3 N–H and O–H groups in total. The van der Waals surface area contributed by atoms with Gasteiger partial charge in [0.15, 0.2) is 5.13 Å². The second kappa shape index (κ2) is 6.52. The maximum atomic E-state index is 12.6. The summed E-state index contributed by atoms with van der Waals surface area (Å²) in [6, 6.07) is 7.61. The highest BCUT2D eigenvalue weighted by Crippen LogP contribution is 2.32. The minimum absolute atomic E-state index is 0.0567. The van der Waals surface area contributed by atoms with E-state index in [4.69, 9.17) is 5.73 Å². The Morgan fingerprint density at radius 2 is 1.72 bits per heavy atom. The second-order valence-electron chi connectivity index (χ2n) is 5.00. The Hall–Kier alpha value is -2.94. The number of carbonyl (C=O) groups excluding carboxylic acids is 1. The first-order valence-electron chi connectivity index (χ1n) is 7.00. The van der Waals surface area contributed by atoms with Gasteiger partial charge in [0.25, 0.3) is 0 Å². The molecule has 2 aromatic heterocycles. The summed E-state index contributed by atoms with van der Waals surface area (Å²) >= 11 is 1.03. The number of nitrogens with two attached hydrogens (primary N) is 1. The number of rotatable bonds is 4. The molecule has 5 nitrogen and oxygen atoms in total. The van der Waals surface area contributed by atoms with Crippen molar-refractivity contribution in [1.29, 1.82) is 0 Å². The topological polar surface area (TPSA) is 80.9 Å². The number of ketones is 1. The van der Waals surface area contributed by atoms with Gasteiger partial charge >= 0.3 is 6.18 Å². The SMILES string of the molecule is Nc1nc(Nc2ccc(C(F)(F)F)cc2)sc1C(=O)c1ccncc1. The molecule has 0 aliphatic rings. The van der Waals surface area contributed by atoms with E-state index >= 15 is 0 Å². The molecule has 0 saturated heterocycles. The fourth-order valence-electron chi connectivity index (χ4n) is 2.05. The predicted molar refractivity (Wildman–Crippen MR) is 88.9 cm³/mol. The number of aromatic nitrogens is 2. The quantitative estimate of drug-likeness (QED) is 0.681. The van der Waals surface area contributed by atoms with Crippen molar-refractivity contribution in [3.63, 3.8) is 0 Å². The molecule has 25 heavy (non-hydrogen) atoms. The van der Waals surface area contributed by atoms with Crippen LogP contribution in [0.15, 0.2) is 48.8 Å². The van der Waals surface area contributed by atoms with E-state index in [-0.39, 0.29) is 16.5 Å². The summed E-state index contributed by atoms with van der Waals surface area (Å²) in [6.07, 6.45) is -1.41. The van der Waals surface area contributed by atoms with E-state index in [1.54, 1.807) is 12.1 Å². The van der Waals surface area contributed by atoms with Gasteiger partial charge in [-0.15, -0.1) is 0 Å². The highest BCUT2D eigenvalue weighted by atomic mass is 32.1. The number of nitrogens with zero attached hydrogens (tertiary/aromatic N) is 2. The first kappa shape index (κ1) is 16.9. The summed E-state index contributed by atoms with van der Waals surface area (Å²) in [4.78, 5) is 20.5. The molecule has 9 heteroatoms. The van der Waals surface area contributed by atoms with Crippen LogP contribution in [0.3, 0.4) is 0 Å². The van der Waals surface area contributed by atoms with Crippen LogP contribution in [0.5, 0.6) is 0 Å². The number of hydrogen-bond donors (Lipinski definition) is 2. The molecule has 3 aromatic rings. The normalized spacial score (nSPS) is 11.3. The Morgan fingerprint density at radius 1 is 1.08 bits per heavy atom. The van der Waals surface area contributed by atoms with E-state index in [2.05, 4.69) is 15.3 Å². The first-order valence-corrected chi connectivity index (χ1v) is 7.81. The van der Waals surface area contributed by atoms with Crippen molar-refractivity contribution in [2.24, 2.45) is 0 Å². The zero-order valence-corrected chi connectivity index (χ0v) is 13.4. The van der Waals surface area contributed by atoms with Gasteiger partial charge in [-0.1, -0.05) is 11.3 Å². The third-order valence-electron chi connectivity index (χ3n) is 3.27. The molecule has 0 fully saturated rings. The van der Waals surface area contributed by atoms with Gasteiger partial charge in [0.05, 0.1) is 5.56 Å². The van der Waals surface area contributed by atoms with Crippen molar-refractivity contribution in [1.82, 2.24) is 9.97 Å². The van der Waals surface area contributed by atoms with Gasteiger partial charge in [0.2, 0.25) is 5.78 Å². The predicted octanol–water partition coefficient (Wildman–Crippen LogP) is 4.11. The minimum Gasteiger partial charge on any atom is -0.382 e. The molecule has 0 amide bonds. The smallest absolute Gasteiger partial charge is 0.382 e. The highest BCUT2D eigenvalue weighted by molar-refractivity contribution is 7.18. The maximum Gasteiger partial charge on any atom is 0.416 e. The highest BCUT2D eigenvalue weighted by Gasteiger charge is 2.30. The van der Waals surface area contributed by atoms with Crippen LogP contribution in [0.25, 0.3) is 0 Å². The van der Waals surface area contributed by atoms with Crippen LogP contribution in [-0.2, 0) is 6.18 Å². The molecular weight excluding hydrogens is 353 g/mol. The Balaban J connectivity index is 1.80. The molecule has 0 radical (unpaired) electrons. The molecule has 0 unspecified atom stereocenters. The van der Waals surface area contributed by atoms with Crippen LogP contribution in [0.4, 0.5) is 29.8 Å². The molecule has 0 saturated carbocycles. The van der Waals surface area contributed by atoms with E-state index in [0.717, 1.165) is 23.5 Å². The average Bonchev–Trinajstić information content (AvgIpc) is 2.95. The lowest BCUT2D eigenvalue weighted by Gasteiger charge is -2.07. The molecule has 1 aromatic carbocycles. The fourth-order valence-corrected chi connectivity index (χ4v) is 2.92. The number of anilines is 3. The van der Waals surface area contributed by atoms with Crippen molar-refractivity contribution in [3.8, 4) is 0 Å². The Morgan fingerprint density at radius 3 is 2.32 bits per heavy atom. The minimum atomic E-state index is -4.39. The van der Waals surface area contributed by atoms with E-state index in [9.17, 15) is 18.0 Å². The van der Waals surface area contributed by atoms with Crippen molar-refractivity contribution >= 4 is 33.8 Å². The number of benzene rings is 1. The second-order valence-corrected chi connectivity index (χ2v) is 6.00. The summed E-state index contributed by atoms with van der Waals surface area (Å²) in [5.41, 5.74) is 5.87. The Kier molecular flexibility index (Phi) is 4.41. The van der Waals surface area contributed by atoms with Crippen molar-refractivity contribution < 1.29 is 18.0 Å². The lowest BCUT2D eigenvalue weighted by Crippen LogP contribution is -2.04. The molecule has 0 aliphatic heterocycles. The molecule has 2 heterocycles. The molecule has 0 spiro atoms. The number of alkyl halides is 3. The van der Waals surface area contributed by atoms with Gasteiger partial charge in [-0.3, -0.25) is 9.78 Å². The number of thiazole rings is 1. The van der Waals surface area contributed by atoms with Gasteiger partial charge < -0.3 is 11.1 Å². The third-order valence-corrected chi connectivity index (χ3v) is 4.25. The zero-order chi connectivity index (χ0) is 18.0. The standard InChI is InChI=1S/C16H11F3N4OS/c17-16(18,19)10-1-3-11(4-2-10)22-15-23-14(20)13(25-15)12(24)9-5-7-21-8-6-9/h1-8H,20H2,(H,22,23). The molecule has 3 rings (SSSR count). The van der Waals surface area contributed by atoms with Gasteiger partial charge in [0.1, 0.15) is 10.7 Å². The van der Waals surface area contributed by atoms with Gasteiger partial charge in [-0.2, -0.15) is 13.2 Å². The van der Waals surface area contributed by atoms with Crippen LogP contribution in [0, 0.1) is 0 Å². The maximum absolute atomic E-state index is 12.6. The van der Waals surface area contributed by atoms with Crippen LogP contribution in [0.2, 0.25) is 0 Å². The monoisotopic (exact) mass is 364 g/mol. The van der Waals surface area contributed by atoms with Crippen LogP contribution in [0.1, 0.15) is 20.8 Å². The summed E-state index contributed by atoms with van der Waals surface area (Å²) in [6.45, 7) is 0. The van der Waals surface area contributed by atoms with Crippen LogP contribution < -0.4 is 11.1 Å². The van der Waals surface area contributed by atoms with Crippen molar-refractivity contribution in [2.75, 3.05) is 11.1 Å². The number of halogens is 3. The Bertz CT molecular complexity index is 892. The van der Waals surface area contributed by atoms with Crippen LogP contribution in [-0.4, -0.2) is 15.8 Å². The number of nitrogen functional groups attached to an aromatic ring is 1. The van der Waals surface area contributed by atoms with Gasteiger partial charge in [-0.25, -0.2) is 4.98 Å². The number of pyridine rings is 1. The van der Waals surface area contributed by atoms with E-state index < -0.39 is 11.7 Å². The summed E-state index contributed by atoms with van der Waals surface area (Å²) in [5.74, 6) is -0.237. The van der Waals surface area contributed by atoms with Crippen molar-refractivity contribution in [3.05, 3.63) is 64.8 Å². The van der Waals surface area contributed by atoms with Gasteiger partial charge in [0, 0.05) is 23.6 Å². The van der Waals surface area contributed by atoms with Crippen molar-refractivity contribution in [2.45, 2.75) is 6.18 Å². The summed E-state index contributed by atoms with van der Waals surface area (Å²) in [7, 11) is 0. The fraction of sp³-hybridized carbons (Fsp3) is 0.0625. The Labute approximate surface area is 144 Å². The van der Waals surface area contributed by atoms with E-state index in [1.165, 1.54) is 24.5 Å². The van der Waals surface area contributed by atoms with E-state index in [1.807, 2.05) is 0 Å². The third kappa shape index (κ3) is 3.77. The molecular formula is C16H11F3N4OS. The summed E-state index contributed by atoms with van der Waals surface area (Å²) in [5, 5.41) is 3.16. The van der Waals surface area contributed by atoms with E-state index in [0.29, 0.717) is 16.4 Å². The lowest BCUT2D eigenvalue weighted by atomic mass is 10.1. The van der Waals surface area contributed by atoms with Crippen LogP contribution >= 0.6 is 11.3 Å². The molecule has 0 atom stereocenters. The molecule has 0 aliphatic carbocycles. The first-order chi connectivity index (χ1) is 11.8. The lowest BCUT2D eigenvalue weighted by molar-refractivity contribution is -0.137. The number of nitrogens with one attached hydrogen (secondary N) is 1. The molecule has 0 bridgehead atoms. The largest absolute Gasteiger partial charge is 0.416 e. The molecule has 128 valence electrons. The summed E-state index contributed by atoms with van der Waals surface area (Å²) < 4.78 is 37.7. The number of hydrogen-bond acceptors (Lipinski definition) is 6. The number of carbonyl (C=O) groups is 1. The average molecular weight is 364 g/mol. The zero-order valence-electron chi connectivity index (χ0n) is 12.5.